The lowest BCUT2D eigenvalue weighted by atomic mass is 10.2. The molecule has 0 unspecified atom stereocenters. The molecule has 0 atom stereocenters. The molecule has 2 rings (SSSR count). The zero-order valence-electron chi connectivity index (χ0n) is 7.96. The maximum Gasteiger partial charge on any atom is 0.370 e. The molecule has 0 aliphatic carbocycles. The molecule has 4 heteroatoms. The van der Waals surface area contributed by atoms with E-state index in [0.29, 0.717) is 0 Å². The molecule has 1 heterocycles. The van der Waals surface area contributed by atoms with Gasteiger partial charge in [0.25, 0.3) is 0 Å². The number of halogens is 1. The molecule has 1 N–H and O–H groups in total. The molecule has 1 aromatic heterocycles. The number of hydrogen-bond acceptors (Lipinski definition) is 1. The van der Waals surface area contributed by atoms with Gasteiger partial charge in [-0.2, -0.15) is 4.57 Å². The third kappa shape index (κ3) is 2.44. The van der Waals surface area contributed by atoms with Crippen molar-refractivity contribution in [3.05, 3.63) is 42.6 Å². The van der Waals surface area contributed by atoms with E-state index in [0.717, 1.165) is 10.9 Å². The highest BCUT2D eigenvalue weighted by molar-refractivity contribution is 5.85. The molecule has 15 heavy (non-hydrogen) atoms. The van der Waals surface area contributed by atoms with Gasteiger partial charge in [-0.25, -0.2) is 4.79 Å². The average Bonchev–Trinajstić information content (AvgIpc) is 2.18. The first-order valence-corrected chi connectivity index (χ1v) is 4.36. The Morgan fingerprint density at radius 1 is 1.20 bits per heavy atom. The third-order valence-corrected chi connectivity index (χ3v) is 2.09. The Morgan fingerprint density at radius 2 is 1.87 bits per heavy atom. The Bertz CT molecular complexity index is 479. The second-order valence-electron chi connectivity index (χ2n) is 3.09. The van der Waals surface area contributed by atoms with Gasteiger partial charge in [0.2, 0.25) is 12.1 Å². The number of benzene rings is 1. The average molecular weight is 225 g/mol. The topological polar surface area (TPSA) is 41.2 Å². The van der Waals surface area contributed by atoms with Crippen LogP contribution in [0.2, 0.25) is 0 Å². The van der Waals surface area contributed by atoms with E-state index in [9.17, 15) is 4.79 Å². The van der Waals surface area contributed by atoms with Gasteiger partial charge in [-0.15, -0.1) is 12.4 Å². The van der Waals surface area contributed by atoms with Gasteiger partial charge in [0.1, 0.15) is 0 Å². The Hall–Kier alpha value is -1.61. The van der Waals surface area contributed by atoms with Crippen molar-refractivity contribution >= 4 is 29.3 Å². The van der Waals surface area contributed by atoms with Gasteiger partial charge >= 0.3 is 5.97 Å². The van der Waals surface area contributed by atoms with Crippen LogP contribution in [-0.2, 0) is 11.3 Å². The molecule has 0 bridgehead atoms. The highest BCUT2D eigenvalue weighted by atomic mass is 35.5. The van der Waals surface area contributed by atoms with E-state index in [1.807, 2.05) is 36.4 Å². The van der Waals surface area contributed by atoms with Gasteiger partial charge in [0.15, 0.2) is 6.20 Å². The summed E-state index contributed by atoms with van der Waals surface area (Å²) in [4.78, 5) is 10.6. The monoisotopic (exact) mass is 224 g/mol. The highest BCUT2D eigenvalue weighted by Crippen LogP contribution is 2.07. The van der Waals surface area contributed by atoms with Crippen molar-refractivity contribution in [3.8, 4) is 0 Å². The van der Waals surface area contributed by atoms with E-state index in [-0.39, 0.29) is 19.0 Å². The van der Waals surface area contributed by atoms with E-state index < -0.39 is 5.97 Å². The number of nitrogens with zero attached hydrogens (tertiary/aromatic N) is 1. The minimum Gasteiger partial charge on any atom is -0.477 e. The van der Waals surface area contributed by atoms with Crippen LogP contribution in [-0.4, -0.2) is 11.1 Å². The Labute approximate surface area is 93.4 Å². The van der Waals surface area contributed by atoms with Crippen molar-refractivity contribution in [2.45, 2.75) is 6.54 Å². The van der Waals surface area contributed by atoms with Crippen LogP contribution >= 0.6 is 12.4 Å². The van der Waals surface area contributed by atoms with E-state index >= 15 is 0 Å². The van der Waals surface area contributed by atoms with Crippen molar-refractivity contribution in [1.29, 1.82) is 0 Å². The van der Waals surface area contributed by atoms with Crippen LogP contribution in [0.4, 0.5) is 0 Å². The fraction of sp³-hybridized carbons (Fsp3) is 0.0909. The molecular formula is C11H11ClNO2+. The van der Waals surface area contributed by atoms with Crippen LogP contribution in [0.15, 0.2) is 42.6 Å². The Kier molecular flexibility index (Phi) is 3.63. The standard InChI is InChI=1S/C11H9NO2.ClH/c13-11(14)8-12-7-3-5-9-4-1-2-6-10(9)12;/h1-7H,8H2;1H/p+1. The van der Waals surface area contributed by atoms with E-state index in [4.69, 9.17) is 5.11 Å². The normalized spacial score (nSPS) is 9.60. The summed E-state index contributed by atoms with van der Waals surface area (Å²) in [5, 5.41) is 9.76. The maximum atomic E-state index is 10.6. The molecule has 0 radical (unpaired) electrons. The lowest BCUT2D eigenvalue weighted by molar-refractivity contribution is -0.659. The number of pyridine rings is 1. The van der Waals surface area contributed by atoms with Gasteiger partial charge in [0, 0.05) is 17.5 Å². The lowest BCUT2D eigenvalue weighted by Gasteiger charge is -1.97. The van der Waals surface area contributed by atoms with Crippen LogP contribution in [0.3, 0.4) is 0 Å². The zero-order valence-corrected chi connectivity index (χ0v) is 8.78. The van der Waals surface area contributed by atoms with E-state index in [1.54, 1.807) is 10.8 Å². The van der Waals surface area contributed by atoms with Gasteiger partial charge in [-0.3, -0.25) is 0 Å². The third-order valence-electron chi connectivity index (χ3n) is 2.09. The minimum atomic E-state index is -0.827. The SMILES string of the molecule is Cl.O=C(O)C[n+]1cccc2ccccc21. The van der Waals surface area contributed by atoms with Gasteiger partial charge in [-0.05, 0) is 12.1 Å². The predicted molar refractivity (Wildman–Crippen MR) is 59.0 cm³/mol. The summed E-state index contributed by atoms with van der Waals surface area (Å²) in [5.74, 6) is -0.827. The molecule has 3 nitrogen and oxygen atoms in total. The number of fused-ring (bicyclic) bond motifs is 1. The van der Waals surface area contributed by atoms with E-state index in [2.05, 4.69) is 0 Å². The fourth-order valence-corrected chi connectivity index (χ4v) is 1.50. The number of aromatic nitrogens is 1. The molecule has 0 fully saturated rings. The number of carboxylic acids is 1. The fourth-order valence-electron chi connectivity index (χ4n) is 1.50. The molecular weight excluding hydrogens is 214 g/mol. The molecule has 0 saturated heterocycles. The summed E-state index contributed by atoms with van der Waals surface area (Å²) in [7, 11) is 0. The smallest absolute Gasteiger partial charge is 0.370 e. The number of carbonyl (C=O) groups is 1. The number of hydrogen-bond donors (Lipinski definition) is 1. The van der Waals surface area contributed by atoms with Crippen molar-refractivity contribution in [3.63, 3.8) is 0 Å². The maximum absolute atomic E-state index is 10.6. The zero-order chi connectivity index (χ0) is 9.97. The lowest BCUT2D eigenvalue weighted by Crippen LogP contribution is -2.38. The summed E-state index contributed by atoms with van der Waals surface area (Å²) < 4.78 is 1.72. The molecule has 2 aromatic rings. The van der Waals surface area contributed by atoms with Crippen molar-refractivity contribution in [2.75, 3.05) is 0 Å². The quantitative estimate of drug-likeness (QED) is 0.788. The largest absolute Gasteiger partial charge is 0.477 e. The molecule has 1 aromatic carbocycles. The van der Waals surface area contributed by atoms with Crippen molar-refractivity contribution in [2.24, 2.45) is 0 Å². The van der Waals surface area contributed by atoms with Gasteiger partial charge in [0.05, 0.1) is 0 Å². The summed E-state index contributed by atoms with van der Waals surface area (Å²) in [6.07, 6.45) is 1.77. The van der Waals surface area contributed by atoms with Gasteiger partial charge < -0.3 is 5.11 Å². The Morgan fingerprint density at radius 3 is 2.60 bits per heavy atom. The summed E-state index contributed by atoms with van der Waals surface area (Å²) in [6, 6.07) is 11.5. The van der Waals surface area contributed by atoms with Crippen LogP contribution in [0, 0.1) is 0 Å². The first-order valence-electron chi connectivity index (χ1n) is 4.36. The minimum absolute atomic E-state index is 0. The van der Waals surface area contributed by atoms with Crippen molar-refractivity contribution in [1.82, 2.24) is 0 Å². The summed E-state index contributed by atoms with van der Waals surface area (Å²) in [5.41, 5.74) is 0.942. The molecule has 0 spiro atoms. The first kappa shape index (κ1) is 11.5. The van der Waals surface area contributed by atoms with Crippen LogP contribution in [0.5, 0.6) is 0 Å². The Balaban J connectivity index is 0.00000112. The van der Waals surface area contributed by atoms with Crippen molar-refractivity contribution < 1.29 is 14.5 Å². The molecule has 0 aliphatic rings. The number of aliphatic carboxylic acids is 1. The summed E-state index contributed by atoms with van der Waals surface area (Å²) in [6.45, 7) is 0.00134. The molecule has 0 amide bonds. The van der Waals surface area contributed by atoms with Crippen LogP contribution < -0.4 is 4.57 Å². The predicted octanol–water partition coefficient (Wildman–Crippen LogP) is 1.63. The van der Waals surface area contributed by atoms with Gasteiger partial charge in [-0.1, -0.05) is 12.1 Å². The van der Waals surface area contributed by atoms with E-state index in [1.165, 1.54) is 0 Å². The molecule has 0 aliphatic heterocycles. The summed E-state index contributed by atoms with van der Waals surface area (Å²) >= 11 is 0. The number of para-hydroxylation sites is 1. The first-order chi connectivity index (χ1) is 6.77. The number of rotatable bonds is 2. The van der Waals surface area contributed by atoms with Crippen LogP contribution in [0.1, 0.15) is 0 Å². The second-order valence-corrected chi connectivity index (χ2v) is 3.09. The highest BCUT2D eigenvalue weighted by Gasteiger charge is 2.10. The number of carboxylic acid groups (broad SMARTS) is 1. The second kappa shape index (κ2) is 4.75. The van der Waals surface area contributed by atoms with Crippen LogP contribution in [0.25, 0.3) is 10.9 Å². The molecule has 0 saturated carbocycles. The molecule has 78 valence electrons.